The zero-order valence-electron chi connectivity index (χ0n) is 20.7. The van der Waals surface area contributed by atoms with Gasteiger partial charge in [-0.3, -0.25) is 0 Å². The van der Waals surface area contributed by atoms with E-state index < -0.39 is 17.1 Å². The van der Waals surface area contributed by atoms with Crippen molar-refractivity contribution in [1.82, 2.24) is 0 Å². The van der Waals surface area contributed by atoms with Gasteiger partial charge < -0.3 is 13.0 Å². The maximum atomic E-state index is 7.92. The standard InChI is InChI=1S/C26H50O3Si2/c1-27-30(23-15-7-3-8-16-23,24-17-9-4-10-18-24)29-31(28-2,25-19-11-5-12-20-25)26-21-13-6-14-22-26/h23-26H,3-22H2,1-2H3. The monoisotopic (exact) mass is 466 g/mol. The SMILES string of the molecule is CO[Si](O[Si](OC)(C1CCCCC1)C1CCCCC1)(C1CCCCC1)C1CCCCC1. The second-order valence-electron chi connectivity index (χ2n) is 11.3. The third kappa shape index (κ3) is 5.21. The van der Waals surface area contributed by atoms with E-state index in [4.69, 9.17) is 13.0 Å². The zero-order valence-corrected chi connectivity index (χ0v) is 22.7. The van der Waals surface area contributed by atoms with Crippen molar-refractivity contribution in [3.8, 4) is 0 Å². The molecule has 4 saturated carbocycles. The molecule has 3 nitrogen and oxygen atoms in total. The van der Waals surface area contributed by atoms with E-state index in [0.29, 0.717) is 22.2 Å². The summed E-state index contributed by atoms with van der Waals surface area (Å²) in [5, 5.41) is 0. The van der Waals surface area contributed by atoms with E-state index in [9.17, 15) is 0 Å². The molecule has 31 heavy (non-hydrogen) atoms. The Balaban J connectivity index is 1.71. The van der Waals surface area contributed by atoms with Gasteiger partial charge in [0.05, 0.1) is 0 Å². The summed E-state index contributed by atoms with van der Waals surface area (Å²) in [6.07, 6.45) is 27.5. The third-order valence-electron chi connectivity index (χ3n) is 9.65. The minimum absolute atomic E-state index is 0.698. The Morgan fingerprint density at radius 3 is 0.806 bits per heavy atom. The summed E-state index contributed by atoms with van der Waals surface area (Å²) in [7, 11) is -0.616. The Labute approximate surface area is 194 Å². The van der Waals surface area contributed by atoms with E-state index in [1.54, 1.807) is 0 Å². The summed E-state index contributed by atoms with van der Waals surface area (Å²) >= 11 is 0. The molecule has 0 aliphatic heterocycles. The largest absolute Gasteiger partial charge is 0.414 e. The lowest BCUT2D eigenvalue weighted by molar-refractivity contribution is 0.170. The molecule has 0 atom stereocenters. The first-order valence-corrected chi connectivity index (χ1v) is 18.0. The third-order valence-corrected chi connectivity index (χ3v) is 20.3. The van der Waals surface area contributed by atoms with E-state index in [1.807, 2.05) is 14.2 Å². The second kappa shape index (κ2) is 11.6. The highest BCUT2D eigenvalue weighted by atomic mass is 28.5. The molecule has 0 aromatic rings. The molecule has 0 saturated heterocycles. The molecule has 0 unspecified atom stereocenters. The van der Waals surface area contributed by atoms with Gasteiger partial charge in [0.25, 0.3) is 0 Å². The second-order valence-corrected chi connectivity index (χ2v) is 19.1. The average Bonchev–Trinajstić information content (AvgIpc) is 2.87. The molecule has 4 aliphatic carbocycles. The fourth-order valence-corrected chi connectivity index (χ4v) is 20.9. The molecule has 180 valence electrons. The van der Waals surface area contributed by atoms with Crippen LogP contribution in [0.25, 0.3) is 0 Å². The van der Waals surface area contributed by atoms with E-state index in [1.165, 1.54) is 128 Å². The highest BCUT2D eigenvalue weighted by Crippen LogP contribution is 2.56. The fraction of sp³-hybridized carbons (Fsp3) is 1.00. The van der Waals surface area contributed by atoms with Gasteiger partial charge in [0.15, 0.2) is 0 Å². The predicted molar refractivity (Wildman–Crippen MR) is 134 cm³/mol. The van der Waals surface area contributed by atoms with Crippen LogP contribution in [0.2, 0.25) is 22.2 Å². The first-order chi connectivity index (χ1) is 15.2. The summed E-state index contributed by atoms with van der Waals surface area (Å²) in [4.78, 5) is 0. The van der Waals surface area contributed by atoms with Crippen LogP contribution in [-0.4, -0.2) is 31.3 Å². The molecule has 0 amide bonds. The zero-order chi connectivity index (χ0) is 21.6. The average molecular weight is 467 g/mol. The van der Waals surface area contributed by atoms with E-state index in [2.05, 4.69) is 0 Å². The Kier molecular flexibility index (Phi) is 9.17. The number of hydrogen-bond acceptors (Lipinski definition) is 3. The maximum Gasteiger partial charge on any atom is 0.335 e. The van der Waals surface area contributed by atoms with E-state index in [-0.39, 0.29) is 0 Å². The summed E-state index contributed by atoms with van der Waals surface area (Å²) in [5.41, 5.74) is 2.79. The first kappa shape index (κ1) is 24.4. The van der Waals surface area contributed by atoms with Gasteiger partial charge in [-0.15, -0.1) is 0 Å². The van der Waals surface area contributed by atoms with Gasteiger partial charge in [0, 0.05) is 36.4 Å². The lowest BCUT2D eigenvalue weighted by atomic mass is 9.99. The van der Waals surface area contributed by atoms with Gasteiger partial charge in [0.1, 0.15) is 0 Å². The Bertz CT molecular complexity index is 437. The van der Waals surface area contributed by atoms with Crippen LogP contribution in [0.1, 0.15) is 128 Å². The molecule has 0 aromatic carbocycles. The molecule has 4 aliphatic rings. The quantitative estimate of drug-likeness (QED) is 0.335. The van der Waals surface area contributed by atoms with Gasteiger partial charge in [0.2, 0.25) is 0 Å². The van der Waals surface area contributed by atoms with Gasteiger partial charge in [-0.1, -0.05) is 77.0 Å². The molecular formula is C26H50O3Si2. The van der Waals surface area contributed by atoms with Gasteiger partial charge in [-0.05, 0) is 51.4 Å². The highest BCUT2D eigenvalue weighted by molar-refractivity contribution is 6.84. The van der Waals surface area contributed by atoms with Crippen LogP contribution in [0.4, 0.5) is 0 Å². The van der Waals surface area contributed by atoms with Crippen molar-refractivity contribution >= 4 is 17.1 Å². The topological polar surface area (TPSA) is 27.7 Å². The number of hydrogen-bond donors (Lipinski definition) is 0. The van der Waals surface area contributed by atoms with E-state index in [0.717, 1.165) is 0 Å². The molecule has 0 N–H and O–H groups in total. The Hall–Kier alpha value is 0.314. The summed E-state index contributed by atoms with van der Waals surface area (Å²) in [5.74, 6) is 0. The van der Waals surface area contributed by atoms with Crippen molar-refractivity contribution in [3.63, 3.8) is 0 Å². The smallest absolute Gasteiger partial charge is 0.335 e. The van der Waals surface area contributed by atoms with Gasteiger partial charge >= 0.3 is 17.1 Å². The van der Waals surface area contributed by atoms with Crippen molar-refractivity contribution in [2.24, 2.45) is 0 Å². The highest BCUT2D eigenvalue weighted by Gasteiger charge is 2.61. The van der Waals surface area contributed by atoms with Crippen molar-refractivity contribution in [2.75, 3.05) is 14.2 Å². The van der Waals surface area contributed by atoms with Crippen LogP contribution in [0.5, 0.6) is 0 Å². The molecule has 0 spiro atoms. The summed E-state index contributed by atoms with van der Waals surface area (Å²) in [6.45, 7) is 0. The summed E-state index contributed by atoms with van der Waals surface area (Å²) < 4.78 is 21.6. The van der Waals surface area contributed by atoms with Crippen molar-refractivity contribution in [3.05, 3.63) is 0 Å². The fourth-order valence-electron chi connectivity index (χ4n) is 8.02. The lowest BCUT2D eigenvalue weighted by Gasteiger charge is -2.53. The molecule has 0 heterocycles. The predicted octanol–water partition coefficient (Wildman–Crippen LogP) is 8.52. The molecular weight excluding hydrogens is 416 g/mol. The maximum absolute atomic E-state index is 7.92. The Morgan fingerprint density at radius 1 is 0.387 bits per heavy atom. The van der Waals surface area contributed by atoms with Crippen LogP contribution in [0, 0.1) is 0 Å². The lowest BCUT2D eigenvalue weighted by Crippen LogP contribution is -2.63. The van der Waals surface area contributed by atoms with E-state index >= 15 is 0 Å². The van der Waals surface area contributed by atoms with Crippen molar-refractivity contribution < 1.29 is 13.0 Å². The Morgan fingerprint density at radius 2 is 0.613 bits per heavy atom. The normalized spacial score (nSPS) is 26.9. The van der Waals surface area contributed by atoms with Crippen LogP contribution >= 0.6 is 0 Å². The van der Waals surface area contributed by atoms with Crippen LogP contribution < -0.4 is 0 Å². The van der Waals surface area contributed by atoms with Crippen LogP contribution in [0.15, 0.2) is 0 Å². The minimum Gasteiger partial charge on any atom is -0.414 e. The molecule has 0 aromatic heterocycles. The molecule has 4 fully saturated rings. The van der Waals surface area contributed by atoms with Crippen molar-refractivity contribution in [2.45, 2.75) is 151 Å². The van der Waals surface area contributed by atoms with Crippen LogP contribution in [0.3, 0.4) is 0 Å². The van der Waals surface area contributed by atoms with Crippen LogP contribution in [-0.2, 0) is 13.0 Å². The molecule has 4 rings (SSSR count). The number of rotatable bonds is 8. The molecule has 5 heteroatoms. The van der Waals surface area contributed by atoms with Gasteiger partial charge in [-0.25, -0.2) is 0 Å². The molecule has 0 radical (unpaired) electrons. The molecule has 0 bridgehead atoms. The summed E-state index contributed by atoms with van der Waals surface area (Å²) in [6, 6.07) is 0. The first-order valence-electron chi connectivity index (χ1n) is 14.1. The van der Waals surface area contributed by atoms with Gasteiger partial charge in [-0.2, -0.15) is 0 Å². The van der Waals surface area contributed by atoms with Crippen molar-refractivity contribution in [1.29, 1.82) is 0 Å². The minimum atomic E-state index is -2.36.